The zero-order valence-electron chi connectivity index (χ0n) is 15.4. The fourth-order valence-electron chi connectivity index (χ4n) is 3.81. The molecule has 7 heteroatoms. The Morgan fingerprint density at radius 1 is 1.04 bits per heavy atom. The van der Waals surface area contributed by atoms with Gasteiger partial charge in [0.2, 0.25) is 0 Å². The summed E-state index contributed by atoms with van der Waals surface area (Å²) in [6.45, 7) is 0. The third-order valence-electron chi connectivity index (χ3n) is 5.20. The molecule has 1 unspecified atom stereocenters. The number of carbonyl (C=O) groups is 2. The van der Waals surface area contributed by atoms with E-state index >= 15 is 0 Å². The van der Waals surface area contributed by atoms with Gasteiger partial charge < -0.3 is 14.8 Å². The van der Waals surface area contributed by atoms with Gasteiger partial charge in [0, 0.05) is 12.8 Å². The number of aliphatic imine (C=N–C) groups is 1. The number of nitriles is 1. The lowest BCUT2D eigenvalue weighted by Gasteiger charge is -2.38. The Balaban J connectivity index is 1.89. The highest BCUT2D eigenvalue weighted by molar-refractivity contribution is 6.12. The Morgan fingerprint density at radius 3 is 2.32 bits per heavy atom. The molecule has 0 aliphatic carbocycles. The summed E-state index contributed by atoms with van der Waals surface area (Å²) in [5.41, 5.74) is 2.54. The van der Waals surface area contributed by atoms with Gasteiger partial charge in [-0.1, -0.05) is 24.3 Å². The summed E-state index contributed by atoms with van der Waals surface area (Å²) in [5.74, 6) is -0.541. The van der Waals surface area contributed by atoms with Crippen molar-refractivity contribution in [3.05, 3.63) is 58.7 Å². The maximum Gasteiger partial charge on any atom is 0.340 e. The normalized spacial score (nSPS) is 19.0. The van der Waals surface area contributed by atoms with E-state index in [2.05, 4.69) is 16.4 Å². The number of amidine groups is 1. The van der Waals surface area contributed by atoms with E-state index in [4.69, 9.17) is 9.47 Å². The number of fused-ring (bicyclic) bond motifs is 3. The number of para-hydroxylation sites is 2. The molecule has 4 rings (SSSR count). The second-order valence-electron chi connectivity index (χ2n) is 6.77. The van der Waals surface area contributed by atoms with Crippen molar-refractivity contribution in [3.63, 3.8) is 0 Å². The van der Waals surface area contributed by atoms with Crippen molar-refractivity contribution >= 4 is 29.1 Å². The molecule has 0 spiro atoms. The molecule has 7 nitrogen and oxygen atoms in total. The molecule has 2 aromatic rings. The second-order valence-corrected chi connectivity index (χ2v) is 6.77. The number of hydrogen-bond acceptors (Lipinski definition) is 7. The summed E-state index contributed by atoms with van der Waals surface area (Å²) in [6.07, 6.45) is 0.800. The first-order chi connectivity index (χ1) is 13.5. The van der Waals surface area contributed by atoms with E-state index in [-0.39, 0.29) is 0 Å². The fraction of sp³-hybridized carbons (Fsp3) is 0.238. The van der Waals surface area contributed by atoms with Gasteiger partial charge in [0.1, 0.15) is 11.3 Å². The van der Waals surface area contributed by atoms with Crippen LogP contribution in [0.3, 0.4) is 0 Å². The quantitative estimate of drug-likeness (QED) is 0.810. The first-order valence-corrected chi connectivity index (χ1v) is 8.71. The number of hydrogen-bond donors (Lipinski definition) is 1. The zero-order chi connectivity index (χ0) is 19.9. The molecule has 0 radical (unpaired) electrons. The van der Waals surface area contributed by atoms with Crippen LogP contribution in [0.4, 0.5) is 11.4 Å². The third-order valence-corrected chi connectivity index (χ3v) is 5.20. The van der Waals surface area contributed by atoms with Crippen LogP contribution in [0.25, 0.3) is 0 Å². The number of carbonyl (C=O) groups excluding carboxylic acids is 2. The highest BCUT2D eigenvalue weighted by Gasteiger charge is 2.45. The van der Waals surface area contributed by atoms with Gasteiger partial charge in [0.15, 0.2) is 0 Å². The molecular formula is C21H17N3O4. The van der Waals surface area contributed by atoms with Crippen molar-refractivity contribution in [3.8, 4) is 6.07 Å². The lowest BCUT2D eigenvalue weighted by Crippen LogP contribution is -2.44. The van der Waals surface area contributed by atoms with Gasteiger partial charge in [-0.25, -0.2) is 14.6 Å². The van der Waals surface area contributed by atoms with Gasteiger partial charge in [-0.2, -0.15) is 5.26 Å². The van der Waals surface area contributed by atoms with Crippen molar-refractivity contribution in [2.45, 2.75) is 12.8 Å². The van der Waals surface area contributed by atoms with Crippen LogP contribution < -0.4 is 5.32 Å². The average Bonchev–Trinajstić information content (AvgIpc) is 2.74. The smallest absolute Gasteiger partial charge is 0.340 e. The Morgan fingerprint density at radius 2 is 1.64 bits per heavy atom. The van der Waals surface area contributed by atoms with E-state index in [1.54, 1.807) is 24.3 Å². The van der Waals surface area contributed by atoms with E-state index in [0.717, 1.165) is 11.1 Å². The van der Waals surface area contributed by atoms with Crippen LogP contribution in [-0.2, 0) is 22.3 Å². The van der Waals surface area contributed by atoms with E-state index in [1.165, 1.54) is 14.2 Å². The third kappa shape index (κ3) is 2.54. The summed E-state index contributed by atoms with van der Waals surface area (Å²) in [4.78, 5) is 28.9. The minimum Gasteiger partial charge on any atom is -0.465 e. The van der Waals surface area contributed by atoms with Crippen molar-refractivity contribution in [1.29, 1.82) is 5.26 Å². The van der Waals surface area contributed by atoms with Crippen molar-refractivity contribution in [2.75, 3.05) is 19.5 Å². The van der Waals surface area contributed by atoms with Crippen LogP contribution in [0.5, 0.6) is 0 Å². The standard InChI is InChI=1S/C21H17N3O4/c1-27-18(25)14-7-3-5-12-9-21(11-22)10-13-6-4-8-15(19(26)28-2)17(13)24-20(21)23-16(12)14/h3-8H,9-10H2,1-2H3,(H,23,24). The summed E-state index contributed by atoms with van der Waals surface area (Å²) >= 11 is 0. The van der Waals surface area contributed by atoms with Gasteiger partial charge in [-0.05, 0) is 23.3 Å². The van der Waals surface area contributed by atoms with Crippen LogP contribution in [0.15, 0.2) is 41.4 Å². The molecule has 2 aliphatic heterocycles. The zero-order valence-corrected chi connectivity index (χ0v) is 15.4. The number of nitrogens with one attached hydrogen (secondary N) is 1. The lowest BCUT2D eigenvalue weighted by molar-refractivity contribution is 0.0593. The largest absolute Gasteiger partial charge is 0.465 e. The molecule has 0 aromatic heterocycles. The Bertz CT molecular complexity index is 1080. The Labute approximate surface area is 161 Å². The average molecular weight is 375 g/mol. The molecule has 1 atom stereocenters. The fourth-order valence-corrected chi connectivity index (χ4v) is 3.81. The predicted molar refractivity (Wildman–Crippen MR) is 102 cm³/mol. The van der Waals surface area contributed by atoms with Crippen LogP contribution >= 0.6 is 0 Å². The number of esters is 2. The number of anilines is 1. The molecule has 0 saturated carbocycles. The lowest BCUT2D eigenvalue weighted by atomic mass is 9.71. The second kappa shape index (κ2) is 6.50. The van der Waals surface area contributed by atoms with Crippen LogP contribution in [0.2, 0.25) is 0 Å². The summed E-state index contributed by atoms with van der Waals surface area (Å²) in [6, 6.07) is 13.0. The van der Waals surface area contributed by atoms with Crippen molar-refractivity contribution in [1.82, 2.24) is 0 Å². The molecule has 2 aliphatic rings. The molecule has 2 aromatic carbocycles. The molecule has 0 bridgehead atoms. The molecule has 0 saturated heterocycles. The molecular weight excluding hydrogens is 358 g/mol. The van der Waals surface area contributed by atoms with Crippen LogP contribution in [0, 0.1) is 16.7 Å². The van der Waals surface area contributed by atoms with Crippen molar-refractivity contribution in [2.24, 2.45) is 10.4 Å². The topological polar surface area (TPSA) is 101 Å². The number of nitrogens with zero attached hydrogens (tertiary/aromatic N) is 2. The number of benzene rings is 2. The monoisotopic (exact) mass is 375 g/mol. The van der Waals surface area contributed by atoms with Gasteiger partial charge in [0.05, 0.1) is 42.8 Å². The Hall–Kier alpha value is -3.66. The van der Waals surface area contributed by atoms with E-state index < -0.39 is 17.4 Å². The number of rotatable bonds is 2. The maximum atomic E-state index is 12.1. The molecule has 0 fully saturated rings. The van der Waals surface area contributed by atoms with E-state index in [1.807, 2.05) is 12.1 Å². The van der Waals surface area contributed by atoms with Gasteiger partial charge in [-0.15, -0.1) is 0 Å². The minimum absolute atomic E-state index is 0.341. The summed E-state index contributed by atoms with van der Waals surface area (Å²) < 4.78 is 9.72. The van der Waals surface area contributed by atoms with Gasteiger partial charge >= 0.3 is 11.9 Å². The highest BCUT2D eigenvalue weighted by Crippen LogP contribution is 2.44. The van der Waals surface area contributed by atoms with Crippen LogP contribution in [0.1, 0.15) is 31.8 Å². The maximum absolute atomic E-state index is 12.1. The highest BCUT2D eigenvalue weighted by atomic mass is 16.5. The predicted octanol–water partition coefficient (Wildman–Crippen LogP) is 3.02. The first kappa shape index (κ1) is 17.7. The van der Waals surface area contributed by atoms with Crippen LogP contribution in [-0.4, -0.2) is 32.0 Å². The summed E-state index contributed by atoms with van der Waals surface area (Å²) in [7, 11) is 2.64. The number of methoxy groups -OCH3 is 2. The van der Waals surface area contributed by atoms with Gasteiger partial charge in [-0.3, -0.25) is 0 Å². The SMILES string of the molecule is COC(=O)c1cccc2c1N=C1Nc3c(cccc3C(=O)OC)CC1(C#N)C2. The molecule has 0 amide bonds. The minimum atomic E-state index is -0.899. The van der Waals surface area contributed by atoms with E-state index in [9.17, 15) is 14.9 Å². The summed E-state index contributed by atoms with van der Waals surface area (Å²) in [5, 5.41) is 13.2. The molecule has 140 valence electrons. The molecule has 1 N–H and O–H groups in total. The van der Waals surface area contributed by atoms with E-state index in [0.29, 0.717) is 41.2 Å². The van der Waals surface area contributed by atoms with Crippen molar-refractivity contribution < 1.29 is 19.1 Å². The molecule has 28 heavy (non-hydrogen) atoms. The number of ether oxygens (including phenoxy) is 2. The molecule has 2 heterocycles. The Kier molecular flexibility index (Phi) is 4.12. The van der Waals surface area contributed by atoms with Gasteiger partial charge in [0.25, 0.3) is 0 Å². The first-order valence-electron chi connectivity index (χ1n) is 8.71.